The minimum Gasteiger partial charge on any atom is -0.240 e. The number of rotatable bonds is 3. The van der Waals surface area contributed by atoms with Crippen molar-refractivity contribution in [3.63, 3.8) is 0 Å². The lowest BCUT2D eigenvalue weighted by molar-refractivity contribution is 0.604. The van der Waals surface area contributed by atoms with Gasteiger partial charge in [0.1, 0.15) is 0 Å². The molecule has 1 atom stereocenters. The predicted molar refractivity (Wildman–Crippen MR) is 118 cm³/mol. The number of fused-ring (bicyclic) bond motifs is 1. The number of nitriles is 1. The molecule has 0 N–H and O–H groups in total. The van der Waals surface area contributed by atoms with Gasteiger partial charge in [0, 0.05) is 23.0 Å². The number of hydrogen-bond donors (Lipinski definition) is 0. The molecule has 0 radical (unpaired) electrons. The van der Waals surface area contributed by atoms with Gasteiger partial charge in [-0.25, -0.2) is 9.20 Å². The van der Waals surface area contributed by atoms with Gasteiger partial charge in [0.15, 0.2) is 0 Å². The fraction of sp³-hybridized carbons (Fsp3) is 0.240. The Morgan fingerprint density at radius 1 is 1.10 bits per heavy atom. The maximum Gasteiger partial charge on any atom is 0.0814 e. The smallest absolute Gasteiger partial charge is 0.0814 e. The second kappa shape index (κ2) is 7.31. The van der Waals surface area contributed by atoms with Gasteiger partial charge in [-0.3, -0.25) is 0 Å². The molecule has 0 amide bonds. The van der Waals surface area contributed by atoms with Crippen molar-refractivity contribution in [1.82, 2.24) is 19.4 Å². The number of aryl methyl sites for hydroxylation is 2. The summed E-state index contributed by atoms with van der Waals surface area (Å²) in [5.74, 6) is 0.139. The highest BCUT2D eigenvalue weighted by atomic mass is 15.3. The maximum absolute atomic E-state index is 9.20. The van der Waals surface area contributed by atoms with Crippen LogP contribution in [0.15, 0.2) is 60.9 Å². The molecular weight excluding hydrogens is 370 g/mol. The zero-order chi connectivity index (χ0) is 20.7. The minimum atomic E-state index is 0.139. The van der Waals surface area contributed by atoms with E-state index in [1.54, 1.807) is 0 Å². The minimum absolute atomic E-state index is 0.139. The Bertz CT molecular complexity index is 1300. The summed E-state index contributed by atoms with van der Waals surface area (Å²) in [6.45, 7) is 4.08. The molecule has 0 saturated carbocycles. The Labute approximate surface area is 175 Å². The molecule has 30 heavy (non-hydrogen) atoms. The average molecular weight is 393 g/mol. The molecule has 4 aromatic rings. The predicted octanol–water partition coefficient (Wildman–Crippen LogP) is 5.51. The van der Waals surface area contributed by atoms with Crippen molar-refractivity contribution >= 4 is 11.1 Å². The van der Waals surface area contributed by atoms with Crippen molar-refractivity contribution in [3.8, 4) is 22.9 Å². The molecule has 1 aromatic carbocycles. The summed E-state index contributed by atoms with van der Waals surface area (Å²) in [7, 11) is 0. The highest BCUT2D eigenvalue weighted by Crippen LogP contribution is 2.36. The molecule has 5 nitrogen and oxygen atoms in total. The topological polar surface area (TPSA) is 58.9 Å². The first-order valence-corrected chi connectivity index (χ1v) is 10.3. The first-order valence-electron chi connectivity index (χ1n) is 10.3. The Kier molecular flexibility index (Phi) is 4.48. The van der Waals surface area contributed by atoms with E-state index >= 15 is 0 Å². The summed E-state index contributed by atoms with van der Waals surface area (Å²) in [6.07, 6.45) is 8.85. The zero-order valence-corrected chi connectivity index (χ0v) is 17.2. The molecule has 1 aliphatic rings. The lowest BCUT2D eigenvalue weighted by Gasteiger charge is -2.18. The number of pyridine rings is 1. The molecule has 1 aliphatic carbocycles. The third-order valence-electron chi connectivity index (χ3n) is 5.91. The summed E-state index contributed by atoms with van der Waals surface area (Å²) in [5, 5.41) is 18.4. The highest BCUT2D eigenvalue weighted by Gasteiger charge is 2.19. The maximum atomic E-state index is 9.20. The van der Waals surface area contributed by atoms with Crippen molar-refractivity contribution in [2.75, 3.05) is 0 Å². The van der Waals surface area contributed by atoms with E-state index in [-0.39, 0.29) is 5.92 Å². The monoisotopic (exact) mass is 393 g/mol. The van der Waals surface area contributed by atoms with Crippen LogP contribution in [0, 0.1) is 31.1 Å². The molecule has 0 saturated heterocycles. The summed E-state index contributed by atoms with van der Waals surface area (Å²) in [6, 6.07) is 17.2. The summed E-state index contributed by atoms with van der Waals surface area (Å²) >= 11 is 0. The second-order valence-corrected chi connectivity index (χ2v) is 7.99. The molecular formula is C25H23N5. The van der Waals surface area contributed by atoms with Gasteiger partial charge in [0.05, 0.1) is 35.1 Å². The Hall–Kier alpha value is -3.65. The van der Waals surface area contributed by atoms with E-state index in [2.05, 4.69) is 65.7 Å². The van der Waals surface area contributed by atoms with E-state index in [4.69, 9.17) is 0 Å². The van der Waals surface area contributed by atoms with Crippen LogP contribution in [0.3, 0.4) is 0 Å². The molecule has 5 heteroatoms. The van der Waals surface area contributed by atoms with Crippen molar-refractivity contribution < 1.29 is 0 Å². The Morgan fingerprint density at radius 2 is 1.93 bits per heavy atom. The van der Waals surface area contributed by atoms with Gasteiger partial charge in [0.2, 0.25) is 0 Å². The van der Waals surface area contributed by atoms with Crippen LogP contribution in [0.25, 0.3) is 27.9 Å². The van der Waals surface area contributed by atoms with Crippen molar-refractivity contribution in [2.45, 2.75) is 33.1 Å². The normalized spacial score (nSPS) is 16.4. The third kappa shape index (κ3) is 3.11. The number of allylic oxidation sites excluding steroid dienone is 2. The van der Waals surface area contributed by atoms with Gasteiger partial charge in [-0.15, -0.1) is 0 Å². The van der Waals surface area contributed by atoms with Crippen LogP contribution < -0.4 is 0 Å². The van der Waals surface area contributed by atoms with Gasteiger partial charge in [-0.05, 0) is 68.5 Å². The van der Waals surface area contributed by atoms with Gasteiger partial charge in [-0.1, -0.05) is 24.3 Å². The second-order valence-electron chi connectivity index (χ2n) is 7.99. The molecule has 0 fully saturated rings. The molecule has 0 bridgehead atoms. The SMILES string of the molecule is Cc1cc(C)n(-c2ccc(-c3cnn4cccc(C5=CCC(C#N)CC5)c34)cc2)n1. The van der Waals surface area contributed by atoms with Crippen LogP contribution in [0.2, 0.25) is 0 Å². The number of benzene rings is 1. The first kappa shape index (κ1) is 18.4. The van der Waals surface area contributed by atoms with E-state index in [9.17, 15) is 5.26 Å². The summed E-state index contributed by atoms with van der Waals surface area (Å²) in [5.41, 5.74) is 9.10. The summed E-state index contributed by atoms with van der Waals surface area (Å²) < 4.78 is 3.93. The number of nitrogens with zero attached hydrogens (tertiary/aromatic N) is 5. The Balaban J connectivity index is 1.56. The molecule has 3 aromatic heterocycles. The van der Waals surface area contributed by atoms with E-state index in [1.807, 2.05) is 34.6 Å². The van der Waals surface area contributed by atoms with Crippen molar-refractivity contribution in [1.29, 1.82) is 5.26 Å². The molecule has 1 unspecified atom stereocenters. The van der Waals surface area contributed by atoms with Crippen LogP contribution >= 0.6 is 0 Å². The van der Waals surface area contributed by atoms with E-state index in [0.29, 0.717) is 0 Å². The quantitative estimate of drug-likeness (QED) is 0.461. The summed E-state index contributed by atoms with van der Waals surface area (Å²) in [4.78, 5) is 0. The van der Waals surface area contributed by atoms with Crippen LogP contribution in [0.5, 0.6) is 0 Å². The lowest BCUT2D eigenvalue weighted by atomic mass is 9.86. The number of hydrogen-bond acceptors (Lipinski definition) is 3. The van der Waals surface area contributed by atoms with Crippen LogP contribution in [-0.2, 0) is 0 Å². The van der Waals surface area contributed by atoms with E-state index in [1.165, 1.54) is 11.1 Å². The third-order valence-corrected chi connectivity index (χ3v) is 5.91. The van der Waals surface area contributed by atoms with Crippen LogP contribution in [0.4, 0.5) is 0 Å². The molecule has 3 heterocycles. The van der Waals surface area contributed by atoms with Crippen molar-refractivity contribution in [2.24, 2.45) is 5.92 Å². The van der Waals surface area contributed by atoms with E-state index < -0.39 is 0 Å². The highest BCUT2D eigenvalue weighted by molar-refractivity contribution is 5.90. The zero-order valence-electron chi connectivity index (χ0n) is 17.2. The van der Waals surface area contributed by atoms with Gasteiger partial charge in [-0.2, -0.15) is 15.5 Å². The molecule has 148 valence electrons. The van der Waals surface area contributed by atoms with Gasteiger partial charge in [0.25, 0.3) is 0 Å². The molecule has 0 aliphatic heterocycles. The average Bonchev–Trinajstić information content (AvgIpc) is 3.36. The Morgan fingerprint density at radius 3 is 2.60 bits per heavy atom. The molecule has 5 rings (SSSR count). The van der Waals surface area contributed by atoms with E-state index in [0.717, 1.165) is 53.0 Å². The lowest BCUT2D eigenvalue weighted by Crippen LogP contribution is -2.04. The first-order chi connectivity index (χ1) is 14.6. The number of aromatic nitrogens is 4. The molecule has 0 spiro atoms. The largest absolute Gasteiger partial charge is 0.240 e. The van der Waals surface area contributed by atoms with Gasteiger partial charge >= 0.3 is 0 Å². The standard InChI is InChI=1S/C25H23N5/c1-17-14-18(2)30(28-17)22-11-9-21(10-12-22)24-16-27-29-13-3-4-23(25(24)29)20-7-5-19(15-26)6-8-20/h3-4,7,9-14,16,19H,5-6,8H2,1-2H3. The van der Waals surface area contributed by atoms with Crippen molar-refractivity contribution in [3.05, 3.63) is 77.9 Å². The van der Waals surface area contributed by atoms with Crippen LogP contribution in [0.1, 0.15) is 36.2 Å². The van der Waals surface area contributed by atoms with Crippen LogP contribution in [-0.4, -0.2) is 19.4 Å². The fourth-order valence-electron chi connectivity index (χ4n) is 4.38. The fourth-order valence-corrected chi connectivity index (χ4v) is 4.38. The van der Waals surface area contributed by atoms with Gasteiger partial charge < -0.3 is 0 Å².